The average molecular weight is 268 g/mol. The predicted octanol–water partition coefficient (Wildman–Crippen LogP) is 2.95. The molecule has 0 spiro atoms. The van der Waals surface area contributed by atoms with Gasteiger partial charge in [-0.05, 0) is 32.4 Å². The molecule has 0 bridgehead atoms. The lowest BCUT2D eigenvalue weighted by molar-refractivity contribution is 0.217. The first kappa shape index (κ1) is 13.7. The highest BCUT2D eigenvalue weighted by Crippen LogP contribution is 2.24. The summed E-state index contributed by atoms with van der Waals surface area (Å²) < 4.78 is 0. The summed E-state index contributed by atoms with van der Waals surface area (Å²) in [5, 5.41) is 14.1. The second-order valence-corrected chi connectivity index (χ2v) is 6.39. The molecular weight excluding hydrogens is 244 g/mol. The molecule has 0 saturated carbocycles. The van der Waals surface area contributed by atoms with E-state index < -0.39 is 0 Å². The maximum absolute atomic E-state index is 4.24. The van der Waals surface area contributed by atoms with Crippen LogP contribution in [-0.2, 0) is 0 Å². The van der Waals surface area contributed by atoms with Crippen LogP contribution < -0.4 is 5.32 Å². The smallest absolute Gasteiger partial charge is 0.205 e. The SMILES string of the molecule is CCCN1CCCC(Nc2nnc(C(C)C)s2)C1. The summed E-state index contributed by atoms with van der Waals surface area (Å²) in [7, 11) is 0. The third-order valence-corrected chi connectivity index (χ3v) is 4.46. The lowest BCUT2D eigenvalue weighted by Crippen LogP contribution is -2.42. The second kappa shape index (κ2) is 6.48. The molecule has 1 aliphatic heterocycles. The van der Waals surface area contributed by atoms with Gasteiger partial charge in [0.15, 0.2) is 0 Å². The van der Waals surface area contributed by atoms with Crippen molar-refractivity contribution in [1.29, 1.82) is 0 Å². The molecule has 2 rings (SSSR count). The van der Waals surface area contributed by atoms with E-state index in [9.17, 15) is 0 Å². The molecule has 1 aliphatic rings. The molecule has 4 nitrogen and oxygen atoms in total. The largest absolute Gasteiger partial charge is 0.356 e. The first-order valence-corrected chi connectivity index (χ1v) is 7.83. The minimum Gasteiger partial charge on any atom is -0.356 e. The van der Waals surface area contributed by atoms with Crippen molar-refractivity contribution >= 4 is 16.5 Å². The highest BCUT2D eigenvalue weighted by Gasteiger charge is 2.20. The van der Waals surface area contributed by atoms with E-state index in [1.54, 1.807) is 11.3 Å². The fourth-order valence-electron chi connectivity index (χ4n) is 2.39. The van der Waals surface area contributed by atoms with Crippen LogP contribution in [0.5, 0.6) is 0 Å². The van der Waals surface area contributed by atoms with Gasteiger partial charge in [-0.25, -0.2) is 0 Å². The van der Waals surface area contributed by atoms with Crippen molar-refractivity contribution in [3.8, 4) is 0 Å². The van der Waals surface area contributed by atoms with Crippen molar-refractivity contribution < 1.29 is 0 Å². The Bertz CT molecular complexity index is 362. The standard InChI is InChI=1S/C13H24N4S/c1-4-7-17-8-5-6-11(9-17)14-13-16-15-12(18-13)10(2)3/h10-11H,4-9H2,1-3H3,(H,14,16). The zero-order chi connectivity index (χ0) is 13.0. The Morgan fingerprint density at radius 3 is 2.94 bits per heavy atom. The van der Waals surface area contributed by atoms with Crippen molar-refractivity contribution in [3.05, 3.63) is 5.01 Å². The monoisotopic (exact) mass is 268 g/mol. The zero-order valence-corrected chi connectivity index (χ0v) is 12.5. The van der Waals surface area contributed by atoms with Crippen LogP contribution in [0.2, 0.25) is 0 Å². The molecule has 102 valence electrons. The molecule has 0 amide bonds. The molecule has 1 saturated heterocycles. The van der Waals surface area contributed by atoms with Crippen LogP contribution in [-0.4, -0.2) is 40.8 Å². The summed E-state index contributed by atoms with van der Waals surface area (Å²) >= 11 is 1.70. The van der Waals surface area contributed by atoms with E-state index in [0.717, 1.165) is 16.7 Å². The van der Waals surface area contributed by atoms with Crippen molar-refractivity contribution in [3.63, 3.8) is 0 Å². The van der Waals surface area contributed by atoms with Crippen molar-refractivity contribution in [1.82, 2.24) is 15.1 Å². The molecule has 1 atom stereocenters. The summed E-state index contributed by atoms with van der Waals surface area (Å²) in [5.41, 5.74) is 0. The molecule has 1 aromatic heterocycles. The fraction of sp³-hybridized carbons (Fsp3) is 0.846. The lowest BCUT2D eigenvalue weighted by atomic mass is 10.1. The number of nitrogens with one attached hydrogen (secondary N) is 1. The zero-order valence-electron chi connectivity index (χ0n) is 11.6. The van der Waals surface area contributed by atoms with Gasteiger partial charge in [-0.15, -0.1) is 10.2 Å². The molecule has 0 radical (unpaired) electrons. The van der Waals surface area contributed by atoms with E-state index in [4.69, 9.17) is 0 Å². The topological polar surface area (TPSA) is 41.0 Å². The Morgan fingerprint density at radius 2 is 2.28 bits per heavy atom. The molecular formula is C13H24N4S. The molecule has 18 heavy (non-hydrogen) atoms. The molecule has 5 heteroatoms. The van der Waals surface area contributed by atoms with Gasteiger partial charge < -0.3 is 10.2 Å². The second-order valence-electron chi connectivity index (χ2n) is 5.38. The number of nitrogens with zero attached hydrogens (tertiary/aromatic N) is 3. The number of piperidine rings is 1. The van der Waals surface area contributed by atoms with E-state index in [0.29, 0.717) is 12.0 Å². The number of aromatic nitrogens is 2. The van der Waals surface area contributed by atoms with Gasteiger partial charge in [0, 0.05) is 18.5 Å². The molecule has 1 N–H and O–H groups in total. The van der Waals surface area contributed by atoms with E-state index in [-0.39, 0.29) is 0 Å². The first-order valence-electron chi connectivity index (χ1n) is 7.01. The third kappa shape index (κ3) is 3.65. The van der Waals surface area contributed by atoms with Gasteiger partial charge in [0.05, 0.1) is 0 Å². The van der Waals surface area contributed by atoms with Crippen LogP contribution in [0.4, 0.5) is 5.13 Å². The number of anilines is 1. The van der Waals surface area contributed by atoms with Crippen LogP contribution in [0.3, 0.4) is 0 Å². The number of likely N-dealkylation sites (tertiary alicyclic amines) is 1. The van der Waals surface area contributed by atoms with Gasteiger partial charge in [0.1, 0.15) is 5.01 Å². The minimum atomic E-state index is 0.473. The lowest BCUT2D eigenvalue weighted by Gasteiger charge is -2.32. The molecule has 2 heterocycles. The Kier molecular flexibility index (Phi) is 4.95. The number of hydrogen-bond donors (Lipinski definition) is 1. The number of rotatable bonds is 5. The maximum Gasteiger partial charge on any atom is 0.205 e. The fourth-order valence-corrected chi connectivity index (χ4v) is 3.22. The summed E-state index contributed by atoms with van der Waals surface area (Å²) in [6, 6.07) is 0.540. The molecule has 0 aliphatic carbocycles. The molecule has 1 aromatic rings. The normalized spacial score (nSPS) is 21.4. The Morgan fingerprint density at radius 1 is 1.44 bits per heavy atom. The van der Waals surface area contributed by atoms with Gasteiger partial charge >= 0.3 is 0 Å². The van der Waals surface area contributed by atoms with Crippen LogP contribution in [0, 0.1) is 0 Å². The van der Waals surface area contributed by atoms with Crippen LogP contribution in [0.15, 0.2) is 0 Å². The van der Waals surface area contributed by atoms with Crippen LogP contribution >= 0.6 is 11.3 Å². The molecule has 0 aromatic carbocycles. The highest BCUT2D eigenvalue weighted by atomic mass is 32.1. The van der Waals surface area contributed by atoms with E-state index in [2.05, 4.69) is 41.2 Å². The third-order valence-electron chi connectivity index (χ3n) is 3.31. The molecule has 1 fully saturated rings. The minimum absolute atomic E-state index is 0.473. The van der Waals surface area contributed by atoms with Gasteiger partial charge in [0.25, 0.3) is 0 Å². The highest BCUT2D eigenvalue weighted by molar-refractivity contribution is 7.15. The Hall–Kier alpha value is -0.680. The number of hydrogen-bond acceptors (Lipinski definition) is 5. The quantitative estimate of drug-likeness (QED) is 0.891. The van der Waals surface area contributed by atoms with E-state index in [1.165, 1.54) is 32.4 Å². The average Bonchev–Trinajstić information content (AvgIpc) is 2.78. The van der Waals surface area contributed by atoms with E-state index in [1.807, 2.05) is 0 Å². The molecule has 1 unspecified atom stereocenters. The summed E-state index contributed by atoms with van der Waals surface area (Å²) in [6.07, 6.45) is 3.77. The van der Waals surface area contributed by atoms with Crippen molar-refractivity contribution in [2.45, 2.75) is 52.0 Å². The maximum atomic E-state index is 4.24. The Balaban J connectivity index is 1.87. The van der Waals surface area contributed by atoms with Gasteiger partial charge in [0.2, 0.25) is 5.13 Å². The first-order chi connectivity index (χ1) is 8.69. The Labute approximate surface area is 114 Å². The van der Waals surface area contributed by atoms with Gasteiger partial charge in [-0.2, -0.15) is 0 Å². The van der Waals surface area contributed by atoms with Crippen molar-refractivity contribution in [2.75, 3.05) is 25.0 Å². The van der Waals surface area contributed by atoms with E-state index >= 15 is 0 Å². The van der Waals surface area contributed by atoms with Crippen molar-refractivity contribution in [2.24, 2.45) is 0 Å². The van der Waals surface area contributed by atoms with Gasteiger partial charge in [-0.1, -0.05) is 32.1 Å². The predicted molar refractivity (Wildman–Crippen MR) is 77.4 cm³/mol. The summed E-state index contributed by atoms with van der Waals surface area (Å²) in [6.45, 7) is 10.2. The van der Waals surface area contributed by atoms with Gasteiger partial charge in [-0.3, -0.25) is 0 Å². The van der Waals surface area contributed by atoms with Crippen LogP contribution in [0.25, 0.3) is 0 Å². The summed E-state index contributed by atoms with van der Waals surface area (Å²) in [4.78, 5) is 2.55. The van der Waals surface area contributed by atoms with Crippen LogP contribution in [0.1, 0.15) is 51.0 Å². The summed E-state index contributed by atoms with van der Waals surface area (Å²) in [5.74, 6) is 0.473.